The smallest absolute Gasteiger partial charge is 0.237 e. The van der Waals surface area contributed by atoms with Crippen molar-refractivity contribution in [3.63, 3.8) is 0 Å². The van der Waals surface area contributed by atoms with E-state index in [1.807, 2.05) is 24.0 Å². The second-order valence-electron chi connectivity index (χ2n) is 7.35. The summed E-state index contributed by atoms with van der Waals surface area (Å²) in [5.74, 6) is 1.36. The van der Waals surface area contributed by atoms with E-state index in [-0.39, 0.29) is 11.9 Å². The largest absolute Gasteiger partial charge is 0.308 e. The number of hydrogen-bond donors (Lipinski definition) is 0. The first-order valence-electron chi connectivity index (χ1n) is 9.43. The molecule has 0 saturated heterocycles. The minimum Gasteiger partial charge on any atom is -0.308 e. The van der Waals surface area contributed by atoms with Gasteiger partial charge in [-0.1, -0.05) is 30.0 Å². The van der Waals surface area contributed by atoms with Crippen LogP contribution in [-0.4, -0.2) is 27.7 Å². The van der Waals surface area contributed by atoms with Crippen molar-refractivity contribution >= 4 is 44.9 Å². The molecule has 3 aromatic rings. The Morgan fingerprint density at radius 2 is 2.15 bits per heavy atom. The fourth-order valence-electron chi connectivity index (χ4n) is 4.31. The minimum atomic E-state index is 0.161. The molecular weight excluding hydrogens is 374 g/mol. The zero-order valence-electron chi connectivity index (χ0n) is 15.5. The fraction of sp³-hybridized carbons (Fsp3) is 0.381. The Balaban J connectivity index is 1.43. The molecule has 0 radical (unpaired) electrons. The van der Waals surface area contributed by atoms with Crippen molar-refractivity contribution in [2.45, 2.75) is 50.6 Å². The summed E-state index contributed by atoms with van der Waals surface area (Å²) in [6.45, 7) is 4.07. The molecule has 5 rings (SSSR count). The number of carbonyl (C=O) groups is 1. The van der Waals surface area contributed by atoms with Gasteiger partial charge in [0.1, 0.15) is 15.7 Å². The molecule has 0 bridgehead atoms. The highest BCUT2D eigenvalue weighted by molar-refractivity contribution is 8.00. The summed E-state index contributed by atoms with van der Waals surface area (Å²) in [6, 6.07) is 8.45. The zero-order chi connectivity index (χ0) is 18.5. The van der Waals surface area contributed by atoms with Gasteiger partial charge in [0, 0.05) is 22.0 Å². The van der Waals surface area contributed by atoms with Crippen molar-refractivity contribution in [1.82, 2.24) is 9.97 Å². The number of hydrogen-bond acceptors (Lipinski definition) is 5. The first-order chi connectivity index (χ1) is 13.1. The number of anilines is 1. The molecule has 4 nitrogen and oxygen atoms in total. The second-order valence-corrected chi connectivity index (χ2v) is 9.40. The molecule has 3 heterocycles. The number of amides is 1. The average molecular weight is 396 g/mol. The number of carbonyl (C=O) groups excluding carboxylic acids is 1. The van der Waals surface area contributed by atoms with E-state index in [0.717, 1.165) is 40.6 Å². The van der Waals surface area contributed by atoms with Gasteiger partial charge in [-0.3, -0.25) is 4.79 Å². The number of benzene rings is 1. The van der Waals surface area contributed by atoms with Gasteiger partial charge in [0.25, 0.3) is 0 Å². The summed E-state index contributed by atoms with van der Waals surface area (Å²) in [4.78, 5) is 26.9. The lowest BCUT2D eigenvalue weighted by Crippen LogP contribution is -2.37. The molecular formula is C21H21N3OS2. The second kappa shape index (κ2) is 6.60. The number of thioether (sulfide) groups is 1. The van der Waals surface area contributed by atoms with Crippen LogP contribution in [0.15, 0.2) is 29.3 Å². The SMILES string of the molecule is Cc1nc(SCC(=O)N2c3ccccc3C[C@H]2C)c2c3c(sc2n1)CCC3. The van der Waals surface area contributed by atoms with E-state index in [1.54, 1.807) is 23.1 Å². The Morgan fingerprint density at radius 3 is 3.04 bits per heavy atom. The molecule has 0 spiro atoms. The van der Waals surface area contributed by atoms with E-state index in [4.69, 9.17) is 4.98 Å². The molecule has 27 heavy (non-hydrogen) atoms. The van der Waals surface area contributed by atoms with Crippen molar-refractivity contribution in [2.24, 2.45) is 0 Å². The van der Waals surface area contributed by atoms with Gasteiger partial charge in [-0.2, -0.15) is 0 Å². The maximum atomic E-state index is 13.0. The Hall–Kier alpha value is -1.92. The van der Waals surface area contributed by atoms with E-state index < -0.39 is 0 Å². The van der Waals surface area contributed by atoms with Crippen molar-refractivity contribution in [3.05, 3.63) is 46.1 Å². The van der Waals surface area contributed by atoms with Crippen LogP contribution in [0.4, 0.5) is 5.69 Å². The van der Waals surface area contributed by atoms with Gasteiger partial charge >= 0.3 is 0 Å². The minimum absolute atomic E-state index is 0.161. The molecule has 0 fully saturated rings. The molecule has 1 aliphatic carbocycles. The van der Waals surface area contributed by atoms with Gasteiger partial charge in [0.05, 0.1) is 5.75 Å². The van der Waals surface area contributed by atoms with Gasteiger partial charge in [0.2, 0.25) is 5.91 Å². The first kappa shape index (κ1) is 17.2. The van der Waals surface area contributed by atoms with Gasteiger partial charge in [-0.25, -0.2) is 9.97 Å². The number of para-hydroxylation sites is 1. The molecule has 0 unspecified atom stereocenters. The van der Waals surface area contributed by atoms with Crippen molar-refractivity contribution in [2.75, 3.05) is 10.7 Å². The molecule has 138 valence electrons. The lowest BCUT2D eigenvalue weighted by molar-refractivity contribution is -0.116. The third-order valence-corrected chi connectivity index (χ3v) is 7.60. The van der Waals surface area contributed by atoms with Crippen LogP contribution in [0.3, 0.4) is 0 Å². The maximum absolute atomic E-state index is 13.0. The quantitative estimate of drug-likeness (QED) is 0.482. The Bertz CT molecular complexity index is 1060. The summed E-state index contributed by atoms with van der Waals surface area (Å²) in [5, 5.41) is 2.18. The van der Waals surface area contributed by atoms with E-state index in [0.29, 0.717) is 5.75 Å². The van der Waals surface area contributed by atoms with E-state index in [1.165, 1.54) is 27.8 Å². The highest BCUT2D eigenvalue weighted by Gasteiger charge is 2.31. The molecule has 1 aliphatic heterocycles. The molecule has 0 saturated carbocycles. The van der Waals surface area contributed by atoms with Crippen molar-refractivity contribution in [3.8, 4) is 0 Å². The molecule has 2 aliphatic rings. The van der Waals surface area contributed by atoms with E-state index in [2.05, 4.69) is 24.0 Å². The predicted octanol–water partition coefficient (Wildman–Crippen LogP) is 4.56. The van der Waals surface area contributed by atoms with Crippen LogP contribution >= 0.6 is 23.1 Å². The van der Waals surface area contributed by atoms with Crippen molar-refractivity contribution in [1.29, 1.82) is 0 Å². The molecule has 1 aromatic carbocycles. The summed E-state index contributed by atoms with van der Waals surface area (Å²) >= 11 is 3.38. The third-order valence-electron chi connectivity index (χ3n) is 5.45. The first-order valence-corrected chi connectivity index (χ1v) is 11.2. The Morgan fingerprint density at radius 1 is 1.30 bits per heavy atom. The number of fused-ring (bicyclic) bond motifs is 4. The van der Waals surface area contributed by atoms with Crippen LogP contribution in [0.5, 0.6) is 0 Å². The van der Waals surface area contributed by atoms with Crippen LogP contribution < -0.4 is 4.90 Å². The molecule has 0 N–H and O–H groups in total. The maximum Gasteiger partial charge on any atom is 0.237 e. The van der Waals surface area contributed by atoms with Crippen LogP contribution in [0, 0.1) is 6.92 Å². The highest BCUT2D eigenvalue weighted by atomic mass is 32.2. The van der Waals surface area contributed by atoms with Crippen LogP contribution in [0.25, 0.3) is 10.2 Å². The lowest BCUT2D eigenvalue weighted by atomic mass is 10.1. The normalized spacial score (nSPS) is 18.1. The van der Waals surface area contributed by atoms with Crippen LogP contribution in [0.2, 0.25) is 0 Å². The zero-order valence-corrected chi connectivity index (χ0v) is 17.1. The molecule has 1 amide bonds. The summed E-state index contributed by atoms with van der Waals surface area (Å²) in [6.07, 6.45) is 4.41. The van der Waals surface area contributed by atoms with Gasteiger partial charge < -0.3 is 4.90 Å². The summed E-state index contributed by atoms with van der Waals surface area (Å²) in [7, 11) is 0. The van der Waals surface area contributed by atoms with Gasteiger partial charge in [0.15, 0.2) is 0 Å². The number of nitrogens with zero attached hydrogens (tertiary/aromatic N) is 3. The van der Waals surface area contributed by atoms with Gasteiger partial charge in [-0.05, 0) is 56.7 Å². The fourth-order valence-corrected chi connectivity index (χ4v) is 6.65. The Kier molecular flexibility index (Phi) is 4.20. The summed E-state index contributed by atoms with van der Waals surface area (Å²) < 4.78 is 0. The standard InChI is InChI=1S/C21H21N3OS2/c1-12-10-14-6-3-4-8-16(14)24(12)18(25)11-26-20-19-15-7-5-9-17(15)27-21(19)23-13(2)22-20/h3-4,6,8,12H,5,7,9-11H2,1-2H3/t12-/m1/s1. The third kappa shape index (κ3) is 2.86. The molecule has 6 heteroatoms. The number of thiophene rings is 1. The molecule has 1 atom stereocenters. The van der Waals surface area contributed by atoms with Gasteiger partial charge in [-0.15, -0.1) is 11.3 Å². The van der Waals surface area contributed by atoms with Crippen LogP contribution in [-0.2, 0) is 24.1 Å². The average Bonchev–Trinajstić information content (AvgIpc) is 3.30. The van der Waals surface area contributed by atoms with Crippen LogP contribution in [0.1, 0.15) is 35.2 Å². The summed E-state index contributed by atoms with van der Waals surface area (Å²) in [5.41, 5.74) is 3.75. The monoisotopic (exact) mass is 395 g/mol. The van der Waals surface area contributed by atoms with Crippen molar-refractivity contribution < 1.29 is 4.79 Å². The van der Waals surface area contributed by atoms with E-state index in [9.17, 15) is 4.79 Å². The lowest BCUT2D eigenvalue weighted by Gasteiger charge is -2.22. The number of rotatable bonds is 3. The predicted molar refractivity (Wildman–Crippen MR) is 112 cm³/mol. The Labute approximate surface area is 167 Å². The topological polar surface area (TPSA) is 46.1 Å². The number of aryl methyl sites for hydroxylation is 3. The van der Waals surface area contributed by atoms with E-state index >= 15 is 0 Å². The highest BCUT2D eigenvalue weighted by Crippen LogP contribution is 2.41. The molecule has 2 aromatic heterocycles. The number of aromatic nitrogens is 2.